The van der Waals surface area contributed by atoms with Crippen molar-refractivity contribution in [2.75, 3.05) is 6.54 Å². The Hall–Kier alpha value is -1.58. The molecule has 1 amide bonds. The summed E-state index contributed by atoms with van der Waals surface area (Å²) in [6.45, 7) is 4.93. The molecule has 1 unspecified atom stereocenters. The average Bonchev–Trinajstić information content (AvgIpc) is 2.82. The van der Waals surface area contributed by atoms with Gasteiger partial charge in [-0.05, 0) is 17.9 Å². The number of ketones is 1. The molecule has 0 saturated carbocycles. The van der Waals surface area contributed by atoms with Crippen LogP contribution < -0.4 is 5.32 Å². The lowest BCUT2D eigenvalue weighted by Gasteiger charge is -2.30. The largest absolute Gasteiger partial charge is 0.354 e. The molecule has 4 heteroatoms. The molecule has 0 aromatic carbocycles. The second-order valence-electron chi connectivity index (χ2n) is 6.19. The number of hydrogen-bond acceptors (Lipinski definition) is 2. The van der Waals surface area contributed by atoms with Crippen LogP contribution in [0, 0.1) is 5.41 Å². The Kier molecular flexibility index (Phi) is 2.37. The fourth-order valence-electron chi connectivity index (χ4n) is 3.09. The van der Waals surface area contributed by atoms with E-state index in [9.17, 15) is 9.59 Å². The van der Waals surface area contributed by atoms with Crippen molar-refractivity contribution in [1.82, 2.24) is 9.88 Å². The molecule has 4 nitrogen and oxygen atoms in total. The van der Waals surface area contributed by atoms with Crippen LogP contribution in [0.1, 0.15) is 48.8 Å². The second kappa shape index (κ2) is 3.70. The summed E-state index contributed by atoms with van der Waals surface area (Å²) in [7, 11) is 0. The van der Waals surface area contributed by atoms with E-state index in [1.165, 1.54) is 0 Å². The van der Waals surface area contributed by atoms with Crippen molar-refractivity contribution in [1.29, 1.82) is 0 Å². The number of Topliss-reactive ketones (excluding diaryl/α,β-unsaturated/α-hetero) is 1. The van der Waals surface area contributed by atoms with Crippen molar-refractivity contribution < 1.29 is 9.59 Å². The third-order valence-electron chi connectivity index (χ3n) is 3.96. The Balaban J connectivity index is 1.99. The third-order valence-corrected chi connectivity index (χ3v) is 3.96. The standard InChI is InChI=1S/C14H18N2O2/c1-14(2)6-11-10(12(17)7-14)3-4-16(11)9-5-13(18)15-8-9/h3-4,9H,5-8H2,1-2H3,(H,15,18). The Morgan fingerprint density at radius 1 is 1.33 bits per heavy atom. The van der Waals surface area contributed by atoms with Gasteiger partial charge >= 0.3 is 0 Å². The molecule has 1 atom stereocenters. The topological polar surface area (TPSA) is 51.1 Å². The first kappa shape index (κ1) is 11.5. The van der Waals surface area contributed by atoms with Gasteiger partial charge < -0.3 is 9.88 Å². The number of nitrogens with zero attached hydrogens (tertiary/aromatic N) is 1. The van der Waals surface area contributed by atoms with E-state index < -0.39 is 0 Å². The first-order valence-electron chi connectivity index (χ1n) is 6.46. The third kappa shape index (κ3) is 1.76. The van der Waals surface area contributed by atoms with E-state index in [2.05, 4.69) is 23.7 Å². The predicted octanol–water partition coefficient (Wildman–Crippen LogP) is 1.70. The van der Waals surface area contributed by atoms with Crippen molar-refractivity contribution in [2.24, 2.45) is 5.41 Å². The van der Waals surface area contributed by atoms with Crippen LogP contribution in [0.15, 0.2) is 12.3 Å². The highest BCUT2D eigenvalue weighted by Gasteiger charge is 2.35. The molecule has 2 heterocycles. The van der Waals surface area contributed by atoms with E-state index >= 15 is 0 Å². The molecule has 0 spiro atoms. The quantitative estimate of drug-likeness (QED) is 0.820. The molecule has 2 aliphatic rings. The maximum atomic E-state index is 12.1. The number of hydrogen-bond donors (Lipinski definition) is 1. The number of aromatic nitrogens is 1. The monoisotopic (exact) mass is 246 g/mol. The van der Waals surface area contributed by atoms with Crippen LogP contribution in [0.2, 0.25) is 0 Å². The summed E-state index contributed by atoms with van der Waals surface area (Å²) >= 11 is 0. The molecule has 1 aliphatic carbocycles. The van der Waals surface area contributed by atoms with Gasteiger partial charge in [0.05, 0.1) is 6.04 Å². The summed E-state index contributed by atoms with van der Waals surface area (Å²) in [4.78, 5) is 23.4. The number of rotatable bonds is 1. The lowest BCUT2D eigenvalue weighted by molar-refractivity contribution is -0.119. The fourth-order valence-corrected chi connectivity index (χ4v) is 3.09. The van der Waals surface area contributed by atoms with Crippen LogP contribution in [0.3, 0.4) is 0 Å². The summed E-state index contributed by atoms with van der Waals surface area (Å²) in [5.74, 6) is 0.334. The SMILES string of the molecule is CC1(C)CC(=O)c2ccn(C3CNC(=O)C3)c2C1. The van der Waals surface area contributed by atoms with E-state index in [-0.39, 0.29) is 23.1 Å². The van der Waals surface area contributed by atoms with Gasteiger partial charge in [0.2, 0.25) is 5.91 Å². The molecule has 0 bridgehead atoms. The molecule has 1 aromatic heterocycles. The highest BCUT2D eigenvalue weighted by atomic mass is 16.2. The van der Waals surface area contributed by atoms with Gasteiger partial charge in [0, 0.05) is 36.8 Å². The molecule has 3 rings (SSSR count). The van der Waals surface area contributed by atoms with Gasteiger partial charge in [-0.3, -0.25) is 9.59 Å². The number of carbonyl (C=O) groups is 2. The van der Waals surface area contributed by atoms with E-state index in [0.717, 1.165) is 17.7 Å². The first-order valence-corrected chi connectivity index (χ1v) is 6.46. The van der Waals surface area contributed by atoms with Crippen LogP contribution in [0.25, 0.3) is 0 Å². The number of nitrogens with one attached hydrogen (secondary N) is 1. The van der Waals surface area contributed by atoms with E-state index in [1.54, 1.807) is 0 Å². The molecule has 96 valence electrons. The molecule has 18 heavy (non-hydrogen) atoms. The summed E-state index contributed by atoms with van der Waals surface area (Å²) in [6, 6.07) is 2.08. The number of carbonyl (C=O) groups excluding carboxylic acids is 2. The van der Waals surface area contributed by atoms with Gasteiger partial charge in [0.1, 0.15) is 0 Å². The Bertz CT molecular complexity index is 528. The molecule has 1 fully saturated rings. The zero-order valence-corrected chi connectivity index (χ0v) is 10.8. The van der Waals surface area contributed by atoms with Crippen molar-refractivity contribution in [3.8, 4) is 0 Å². The molecule has 0 radical (unpaired) electrons. The van der Waals surface area contributed by atoms with Crippen LogP contribution in [0.4, 0.5) is 0 Å². The van der Waals surface area contributed by atoms with Crippen molar-refractivity contribution in [3.05, 3.63) is 23.5 Å². The Morgan fingerprint density at radius 2 is 2.11 bits per heavy atom. The molecule has 1 saturated heterocycles. The molecule has 1 aliphatic heterocycles. The lowest BCUT2D eigenvalue weighted by atomic mass is 9.76. The minimum absolute atomic E-state index is 0.0240. The highest BCUT2D eigenvalue weighted by Crippen LogP contribution is 2.36. The number of amides is 1. The zero-order chi connectivity index (χ0) is 12.9. The smallest absolute Gasteiger partial charge is 0.222 e. The van der Waals surface area contributed by atoms with Gasteiger partial charge in [-0.25, -0.2) is 0 Å². The van der Waals surface area contributed by atoms with Crippen LogP contribution in [-0.2, 0) is 11.2 Å². The lowest BCUT2D eigenvalue weighted by Crippen LogP contribution is -2.29. The van der Waals surface area contributed by atoms with Crippen LogP contribution in [0.5, 0.6) is 0 Å². The van der Waals surface area contributed by atoms with Crippen LogP contribution in [-0.4, -0.2) is 22.8 Å². The van der Waals surface area contributed by atoms with Crippen molar-refractivity contribution in [3.63, 3.8) is 0 Å². The van der Waals surface area contributed by atoms with E-state index in [4.69, 9.17) is 0 Å². The normalized spacial score (nSPS) is 26.0. The molecular formula is C14H18N2O2. The number of fused-ring (bicyclic) bond motifs is 1. The zero-order valence-electron chi connectivity index (χ0n) is 10.8. The molecule has 1 aromatic rings. The summed E-state index contributed by atoms with van der Waals surface area (Å²) in [6.07, 6.45) is 4.02. The van der Waals surface area contributed by atoms with Crippen molar-refractivity contribution >= 4 is 11.7 Å². The minimum atomic E-state index is 0.0240. The van der Waals surface area contributed by atoms with Gasteiger partial charge in [0.25, 0.3) is 0 Å². The fraction of sp³-hybridized carbons (Fsp3) is 0.571. The van der Waals surface area contributed by atoms with Gasteiger partial charge in [-0.2, -0.15) is 0 Å². The van der Waals surface area contributed by atoms with E-state index in [1.807, 2.05) is 12.3 Å². The second-order valence-corrected chi connectivity index (χ2v) is 6.19. The maximum absolute atomic E-state index is 12.1. The van der Waals surface area contributed by atoms with Crippen molar-refractivity contribution in [2.45, 2.75) is 39.2 Å². The average molecular weight is 246 g/mol. The first-order chi connectivity index (χ1) is 8.46. The minimum Gasteiger partial charge on any atom is -0.354 e. The van der Waals surface area contributed by atoms with Crippen LogP contribution >= 0.6 is 0 Å². The predicted molar refractivity (Wildman–Crippen MR) is 67.5 cm³/mol. The Morgan fingerprint density at radius 3 is 2.78 bits per heavy atom. The van der Waals surface area contributed by atoms with Gasteiger partial charge in [-0.15, -0.1) is 0 Å². The molecular weight excluding hydrogens is 228 g/mol. The Labute approximate surface area is 106 Å². The summed E-state index contributed by atoms with van der Waals surface area (Å²) in [5, 5.41) is 2.85. The molecule has 1 N–H and O–H groups in total. The summed E-state index contributed by atoms with van der Waals surface area (Å²) < 4.78 is 2.13. The van der Waals surface area contributed by atoms with Gasteiger partial charge in [-0.1, -0.05) is 13.8 Å². The van der Waals surface area contributed by atoms with E-state index in [0.29, 0.717) is 19.4 Å². The van der Waals surface area contributed by atoms with Gasteiger partial charge in [0.15, 0.2) is 5.78 Å². The maximum Gasteiger partial charge on any atom is 0.222 e. The highest BCUT2D eigenvalue weighted by molar-refractivity contribution is 5.98. The summed E-state index contributed by atoms with van der Waals surface area (Å²) in [5.41, 5.74) is 1.99.